The molecule has 0 bridgehead atoms. The van der Waals surface area contributed by atoms with Gasteiger partial charge in [-0.3, -0.25) is 14.5 Å². The third-order valence-corrected chi connectivity index (χ3v) is 5.30. The number of H-pyrrole nitrogens is 1. The molecule has 2 heterocycles. The summed E-state index contributed by atoms with van der Waals surface area (Å²) in [6, 6.07) is 7.20. The molecule has 0 radical (unpaired) electrons. The molecule has 1 aliphatic heterocycles. The number of nitrogens with zero attached hydrogens (tertiary/aromatic N) is 2. The SMILES string of the molecule is COc1cccc2c1N(C(=O)CSc1nc(C)cc(=O)[nH]1)C(C)(C)C=C2C. The summed E-state index contributed by atoms with van der Waals surface area (Å²) >= 11 is 1.22. The Labute approximate surface area is 162 Å². The zero-order chi connectivity index (χ0) is 19.8. The van der Waals surface area contributed by atoms with Crippen LogP contribution in [0.15, 0.2) is 40.3 Å². The first-order valence-corrected chi connectivity index (χ1v) is 9.62. The van der Waals surface area contributed by atoms with E-state index in [9.17, 15) is 9.59 Å². The van der Waals surface area contributed by atoms with Crippen molar-refractivity contribution in [3.63, 3.8) is 0 Å². The van der Waals surface area contributed by atoms with Crippen LogP contribution in [-0.4, -0.2) is 34.3 Å². The van der Waals surface area contributed by atoms with Gasteiger partial charge in [0.2, 0.25) is 5.91 Å². The van der Waals surface area contributed by atoms with E-state index in [1.165, 1.54) is 17.8 Å². The second-order valence-corrected chi connectivity index (χ2v) is 8.01. The second kappa shape index (κ2) is 7.23. The van der Waals surface area contributed by atoms with Crippen molar-refractivity contribution in [2.45, 2.75) is 38.4 Å². The summed E-state index contributed by atoms with van der Waals surface area (Å²) in [6.45, 7) is 7.80. The standard InChI is InChI=1S/C20H23N3O3S/c1-12-10-20(3,4)23(18-14(12)7-6-8-15(18)26-5)17(25)11-27-19-21-13(2)9-16(24)22-19/h6-10H,11H2,1-5H3,(H,21,22,24). The van der Waals surface area contributed by atoms with Crippen LogP contribution in [-0.2, 0) is 4.79 Å². The zero-order valence-electron chi connectivity index (χ0n) is 16.1. The Morgan fingerprint density at radius 1 is 1.33 bits per heavy atom. The van der Waals surface area contributed by atoms with E-state index in [1.54, 1.807) is 18.9 Å². The number of carbonyl (C=O) groups excluding carboxylic acids is 1. The second-order valence-electron chi connectivity index (χ2n) is 7.05. The summed E-state index contributed by atoms with van der Waals surface area (Å²) < 4.78 is 5.54. The van der Waals surface area contributed by atoms with Gasteiger partial charge in [0, 0.05) is 17.3 Å². The first-order valence-electron chi connectivity index (χ1n) is 8.63. The molecule has 2 aromatic rings. The van der Waals surface area contributed by atoms with E-state index in [1.807, 2.05) is 39.0 Å². The van der Waals surface area contributed by atoms with Crippen molar-refractivity contribution in [1.29, 1.82) is 0 Å². The van der Waals surface area contributed by atoms with E-state index in [2.05, 4.69) is 16.0 Å². The van der Waals surface area contributed by atoms with Gasteiger partial charge in [0.25, 0.3) is 5.56 Å². The number of ether oxygens (including phenoxy) is 1. The minimum Gasteiger partial charge on any atom is -0.495 e. The number of amides is 1. The third-order valence-electron chi connectivity index (χ3n) is 4.44. The van der Waals surface area contributed by atoms with E-state index in [-0.39, 0.29) is 17.2 Å². The van der Waals surface area contributed by atoms with Gasteiger partial charge in [-0.25, -0.2) is 4.98 Å². The minimum absolute atomic E-state index is 0.0799. The summed E-state index contributed by atoms with van der Waals surface area (Å²) in [5.74, 6) is 0.734. The van der Waals surface area contributed by atoms with Crippen LogP contribution in [0.4, 0.5) is 5.69 Å². The van der Waals surface area contributed by atoms with E-state index < -0.39 is 5.54 Å². The Morgan fingerprint density at radius 2 is 2.07 bits per heavy atom. The number of hydrogen-bond acceptors (Lipinski definition) is 5. The maximum absolute atomic E-state index is 13.2. The highest BCUT2D eigenvalue weighted by molar-refractivity contribution is 7.99. The van der Waals surface area contributed by atoms with Crippen LogP contribution in [0, 0.1) is 6.92 Å². The van der Waals surface area contributed by atoms with E-state index in [4.69, 9.17) is 4.74 Å². The van der Waals surface area contributed by atoms with Gasteiger partial charge in [-0.05, 0) is 39.3 Å². The fourth-order valence-electron chi connectivity index (χ4n) is 3.46. The monoisotopic (exact) mass is 385 g/mol. The number of rotatable bonds is 4. The summed E-state index contributed by atoms with van der Waals surface area (Å²) in [5.41, 5.74) is 2.76. The normalized spacial score (nSPS) is 15.1. The number of anilines is 1. The zero-order valence-corrected chi connectivity index (χ0v) is 16.9. The van der Waals surface area contributed by atoms with Crippen LogP contribution in [0.1, 0.15) is 32.0 Å². The van der Waals surface area contributed by atoms with Crippen LogP contribution >= 0.6 is 11.8 Å². The molecule has 1 N–H and O–H groups in total. The van der Waals surface area contributed by atoms with Crippen LogP contribution in [0.3, 0.4) is 0 Å². The lowest BCUT2D eigenvalue weighted by Gasteiger charge is -2.42. The number of thioether (sulfide) groups is 1. The van der Waals surface area contributed by atoms with E-state index >= 15 is 0 Å². The first kappa shape index (κ1) is 19.2. The van der Waals surface area contributed by atoms with Crippen molar-refractivity contribution in [2.24, 2.45) is 0 Å². The number of hydrogen-bond donors (Lipinski definition) is 1. The highest BCUT2D eigenvalue weighted by atomic mass is 32.2. The lowest BCUT2D eigenvalue weighted by atomic mass is 9.88. The van der Waals surface area contributed by atoms with Crippen molar-refractivity contribution in [3.8, 4) is 5.75 Å². The highest BCUT2D eigenvalue weighted by Crippen LogP contribution is 2.44. The topological polar surface area (TPSA) is 75.3 Å². The fraction of sp³-hybridized carbons (Fsp3) is 0.350. The van der Waals surface area contributed by atoms with Crippen LogP contribution in [0.5, 0.6) is 5.75 Å². The lowest BCUT2D eigenvalue weighted by molar-refractivity contribution is -0.116. The Bertz CT molecular complexity index is 979. The van der Waals surface area contributed by atoms with Crippen LogP contribution in [0.25, 0.3) is 5.57 Å². The van der Waals surface area contributed by atoms with Crippen LogP contribution in [0.2, 0.25) is 0 Å². The number of carbonyl (C=O) groups is 1. The molecule has 7 heteroatoms. The molecule has 142 valence electrons. The number of benzene rings is 1. The van der Waals surface area contributed by atoms with Gasteiger partial charge in [0.1, 0.15) is 5.75 Å². The smallest absolute Gasteiger partial charge is 0.251 e. The predicted molar refractivity (Wildman–Crippen MR) is 109 cm³/mol. The van der Waals surface area contributed by atoms with E-state index in [0.29, 0.717) is 16.6 Å². The van der Waals surface area contributed by atoms with Gasteiger partial charge in [0.05, 0.1) is 24.1 Å². The number of aryl methyl sites for hydroxylation is 1. The molecular weight excluding hydrogens is 362 g/mol. The number of nitrogens with one attached hydrogen (secondary N) is 1. The number of aromatic amines is 1. The molecule has 0 spiro atoms. The third kappa shape index (κ3) is 3.78. The molecule has 0 fully saturated rings. The molecule has 27 heavy (non-hydrogen) atoms. The number of fused-ring (bicyclic) bond motifs is 1. The number of para-hydroxylation sites is 1. The van der Waals surface area contributed by atoms with E-state index in [0.717, 1.165) is 16.8 Å². The Morgan fingerprint density at radius 3 is 2.74 bits per heavy atom. The summed E-state index contributed by atoms with van der Waals surface area (Å²) in [5, 5.41) is 0.440. The van der Waals surface area contributed by atoms with Gasteiger partial charge in [-0.2, -0.15) is 0 Å². The molecule has 0 saturated carbocycles. The van der Waals surface area contributed by atoms with Crippen molar-refractivity contribution in [1.82, 2.24) is 9.97 Å². The minimum atomic E-state index is -0.503. The molecule has 0 saturated heterocycles. The molecule has 0 unspecified atom stereocenters. The molecule has 0 atom stereocenters. The molecule has 3 rings (SSSR count). The Balaban J connectivity index is 1.95. The Hall–Kier alpha value is -2.54. The number of aromatic nitrogens is 2. The maximum atomic E-state index is 13.2. The van der Waals surface area contributed by atoms with Crippen molar-refractivity contribution < 1.29 is 9.53 Å². The predicted octanol–water partition coefficient (Wildman–Crippen LogP) is 3.41. The molecule has 1 aromatic carbocycles. The van der Waals surface area contributed by atoms with Crippen molar-refractivity contribution >= 4 is 28.9 Å². The number of methoxy groups -OCH3 is 1. The maximum Gasteiger partial charge on any atom is 0.251 e. The van der Waals surface area contributed by atoms with Gasteiger partial charge in [-0.1, -0.05) is 30.0 Å². The fourth-order valence-corrected chi connectivity index (χ4v) is 4.23. The molecular formula is C20H23N3O3S. The molecule has 6 nitrogen and oxygen atoms in total. The molecule has 1 amide bonds. The van der Waals surface area contributed by atoms with Gasteiger partial charge in [-0.15, -0.1) is 0 Å². The molecule has 0 aliphatic carbocycles. The van der Waals surface area contributed by atoms with Gasteiger partial charge >= 0.3 is 0 Å². The van der Waals surface area contributed by atoms with Crippen LogP contribution < -0.4 is 15.2 Å². The highest BCUT2D eigenvalue weighted by Gasteiger charge is 2.37. The quantitative estimate of drug-likeness (QED) is 0.645. The average molecular weight is 385 g/mol. The van der Waals surface area contributed by atoms with Crippen molar-refractivity contribution in [2.75, 3.05) is 17.8 Å². The Kier molecular flexibility index (Phi) is 5.15. The molecule has 1 aliphatic rings. The summed E-state index contributed by atoms with van der Waals surface area (Å²) in [7, 11) is 1.61. The molecule has 1 aromatic heterocycles. The summed E-state index contributed by atoms with van der Waals surface area (Å²) in [6.07, 6.45) is 2.09. The first-order chi connectivity index (χ1) is 12.7. The summed E-state index contributed by atoms with van der Waals surface area (Å²) in [4.78, 5) is 33.5. The average Bonchev–Trinajstić information content (AvgIpc) is 2.58. The largest absolute Gasteiger partial charge is 0.495 e. The lowest BCUT2D eigenvalue weighted by Crippen LogP contribution is -2.50. The van der Waals surface area contributed by atoms with Gasteiger partial charge in [0.15, 0.2) is 5.16 Å². The van der Waals surface area contributed by atoms with Crippen molar-refractivity contribution in [3.05, 3.63) is 52.0 Å². The van der Waals surface area contributed by atoms with Gasteiger partial charge < -0.3 is 9.72 Å². The number of allylic oxidation sites excluding steroid dienone is 1.